The van der Waals surface area contributed by atoms with Crippen LogP contribution in [0, 0.1) is 0 Å². The molecule has 0 fully saturated rings. The summed E-state index contributed by atoms with van der Waals surface area (Å²) in [6.07, 6.45) is 4.35. The minimum atomic E-state index is -3.20. The van der Waals surface area contributed by atoms with E-state index in [1.54, 1.807) is 30.5 Å². The third-order valence-corrected chi connectivity index (χ3v) is 5.27. The topological polar surface area (TPSA) is 85.9 Å². The summed E-state index contributed by atoms with van der Waals surface area (Å²) >= 11 is 1.44. The van der Waals surface area contributed by atoms with E-state index in [1.165, 1.54) is 23.9 Å². The molecular weight excluding hydrogens is 318 g/mol. The maximum Gasteiger partial charge on any atom is 0.175 e. The maximum absolute atomic E-state index is 11.5. The highest BCUT2D eigenvalue weighted by Gasteiger charge is 2.14. The molecule has 3 rings (SSSR count). The van der Waals surface area contributed by atoms with E-state index in [-0.39, 0.29) is 0 Å². The Morgan fingerprint density at radius 2 is 1.86 bits per heavy atom. The van der Waals surface area contributed by atoms with Gasteiger partial charge in [-0.3, -0.25) is 0 Å². The van der Waals surface area contributed by atoms with Crippen molar-refractivity contribution in [3.05, 3.63) is 48.9 Å². The van der Waals surface area contributed by atoms with Crippen LogP contribution in [0.15, 0.2) is 53.8 Å². The van der Waals surface area contributed by atoms with Crippen molar-refractivity contribution in [2.45, 2.75) is 4.90 Å². The molecule has 7 heteroatoms. The Bertz CT molecular complexity index is 902. The molecule has 5 nitrogen and oxygen atoms in total. The molecule has 0 saturated heterocycles. The molecule has 2 aromatic heterocycles. The molecule has 0 aliphatic heterocycles. The number of anilines is 1. The predicted molar refractivity (Wildman–Crippen MR) is 88.3 cm³/mol. The standard InChI is InChI=1S/C15H13N3O2S2/c1-22(19,20)11-4-2-10(3-5-11)12-8-14(16)21-15(12)13-6-7-17-9-18-13/h2-9H,16H2,1H3. The zero-order valence-electron chi connectivity index (χ0n) is 11.7. The summed E-state index contributed by atoms with van der Waals surface area (Å²) < 4.78 is 23.1. The zero-order valence-corrected chi connectivity index (χ0v) is 13.4. The van der Waals surface area contributed by atoms with Crippen LogP contribution in [0.4, 0.5) is 5.00 Å². The van der Waals surface area contributed by atoms with Gasteiger partial charge >= 0.3 is 0 Å². The molecule has 112 valence electrons. The Hall–Kier alpha value is -2.25. The normalized spacial score (nSPS) is 11.5. The van der Waals surface area contributed by atoms with Gasteiger partial charge in [-0.1, -0.05) is 12.1 Å². The van der Waals surface area contributed by atoms with E-state index in [0.29, 0.717) is 9.90 Å². The van der Waals surface area contributed by atoms with Crippen molar-refractivity contribution in [2.75, 3.05) is 12.0 Å². The highest BCUT2D eigenvalue weighted by atomic mass is 32.2. The fraction of sp³-hybridized carbons (Fsp3) is 0.0667. The van der Waals surface area contributed by atoms with Crippen LogP contribution in [0.1, 0.15) is 0 Å². The van der Waals surface area contributed by atoms with Gasteiger partial charge in [-0.05, 0) is 29.8 Å². The number of nitrogens with two attached hydrogens (primary N) is 1. The fourth-order valence-corrected chi connectivity index (χ4v) is 3.68. The largest absolute Gasteiger partial charge is 0.391 e. The molecule has 1 aromatic carbocycles. The molecule has 0 bridgehead atoms. The van der Waals surface area contributed by atoms with Crippen molar-refractivity contribution < 1.29 is 8.42 Å². The fourth-order valence-electron chi connectivity index (χ4n) is 2.12. The predicted octanol–water partition coefficient (Wildman–Crippen LogP) is 2.86. The van der Waals surface area contributed by atoms with Gasteiger partial charge in [0.2, 0.25) is 0 Å². The number of benzene rings is 1. The quantitative estimate of drug-likeness (QED) is 0.797. The first kappa shape index (κ1) is 14.7. The third kappa shape index (κ3) is 2.86. The molecule has 0 amide bonds. The molecule has 0 aliphatic carbocycles. The van der Waals surface area contributed by atoms with Gasteiger partial charge in [-0.25, -0.2) is 18.4 Å². The number of thiophene rings is 1. The highest BCUT2D eigenvalue weighted by molar-refractivity contribution is 7.90. The van der Waals surface area contributed by atoms with E-state index in [2.05, 4.69) is 9.97 Å². The lowest BCUT2D eigenvalue weighted by atomic mass is 10.1. The van der Waals surface area contributed by atoms with Crippen LogP contribution in [0.2, 0.25) is 0 Å². The highest BCUT2D eigenvalue weighted by Crippen LogP contribution is 2.39. The average molecular weight is 331 g/mol. The number of sulfone groups is 1. The van der Waals surface area contributed by atoms with Crippen molar-refractivity contribution >= 4 is 26.2 Å². The number of rotatable bonds is 3. The first-order valence-electron chi connectivity index (χ1n) is 6.41. The van der Waals surface area contributed by atoms with Crippen LogP contribution >= 0.6 is 11.3 Å². The van der Waals surface area contributed by atoms with Crippen LogP contribution in [0.5, 0.6) is 0 Å². The second-order valence-electron chi connectivity index (χ2n) is 4.78. The van der Waals surface area contributed by atoms with Gasteiger partial charge in [0.25, 0.3) is 0 Å². The van der Waals surface area contributed by atoms with Crippen molar-refractivity contribution in [3.63, 3.8) is 0 Å². The lowest BCUT2D eigenvalue weighted by molar-refractivity contribution is 0.602. The Labute approximate surface area is 132 Å². The van der Waals surface area contributed by atoms with Crippen LogP contribution in [0.25, 0.3) is 21.7 Å². The van der Waals surface area contributed by atoms with Gasteiger partial charge in [0.15, 0.2) is 9.84 Å². The Morgan fingerprint density at radius 3 is 2.45 bits per heavy atom. The number of nitrogens with zero attached hydrogens (tertiary/aromatic N) is 2. The van der Waals surface area contributed by atoms with Crippen LogP contribution in [-0.4, -0.2) is 24.6 Å². The molecule has 2 heterocycles. The smallest absolute Gasteiger partial charge is 0.175 e. The average Bonchev–Trinajstić information content (AvgIpc) is 2.89. The van der Waals surface area contributed by atoms with Crippen LogP contribution < -0.4 is 5.73 Å². The summed E-state index contributed by atoms with van der Waals surface area (Å²) in [5.74, 6) is 0. The molecule has 0 saturated carbocycles. The summed E-state index contributed by atoms with van der Waals surface area (Å²) in [5, 5.41) is 0.677. The summed E-state index contributed by atoms with van der Waals surface area (Å²) in [4.78, 5) is 9.40. The SMILES string of the molecule is CS(=O)(=O)c1ccc(-c2cc(N)sc2-c2ccncn2)cc1. The van der Waals surface area contributed by atoms with E-state index < -0.39 is 9.84 Å². The molecular formula is C15H13N3O2S2. The van der Waals surface area contributed by atoms with Crippen molar-refractivity contribution in [3.8, 4) is 21.7 Å². The minimum absolute atomic E-state index is 0.294. The molecule has 0 unspecified atom stereocenters. The molecule has 0 atom stereocenters. The number of aromatic nitrogens is 2. The Morgan fingerprint density at radius 1 is 1.14 bits per heavy atom. The Balaban J connectivity index is 2.10. The van der Waals surface area contributed by atoms with Gasteiger partial charge in [-0.15, -0.1) is 11.3 Å². The second-order valence-corrected chi connectivity index (χ2v) is 7.88. The van der Waals surface area contributed by atoms with Crippen LogP contribution in [0.3, 0.4) is 0 Å². The van der Waals surface area contributed by atoms with Crippen molar-refractivity contribution in [2.24, 2.45) is 0 Å². The Kier molecular flexibility index (Phi) is 3.67. The number of hydrogen-bond acceptors (Lipinski definition) is 6. The lowest BCUT2D eigenvalue weighted by Crippen LogP contribution is -1.96. The summed E-state index contributed by atoms with van der Waals surface area (Å²) in [5.41, 5.74) is 8.55. The first-order valence-corrected chi connectivity index (χ1v) is 9.12. The molecule has 0 spiro atoms. The van der Waals surface area contributed by atoms with Crippen molar-refractivity contribution in [1.82, 2.24) is 9.97 Å². The molecule has 0 radical (unpaired) electrons. The first-order chi connectivity index (χ1) is 10.4. The molecule has 0 aliphatic rings. The number of hydrogen-bond donors (Lipinski definition) is 1. The zero-order chi connectivity index (χ0) is 15.7. The van der Waals surface area contributed by atoms with Gasteiger partial charge in [0, 0.05) is 18.0 Å². The van der Waals surface area contributed by atoms with Crippen molar-refractivity contribution in [1.29, 1.82) is 0 Å². The number of nitrogen functional groups attached to an aromatic ring is 1. The second kappa shape index (κ2) is 5.51. The molecule has 3 aromatic rings. The monoisotopic (exact) mass is 331 g/mol. The molecule has 22 heavy (non-hydrogen) atoms. The van der Waals surface area contributed by atoms with E-state index in [4.69, 9.17) is 5.73 Å². The summed E-state index contributed by atoms with van der Waals surface area (Å²) in [6.45, 7) is 0. The van der Waals surface area contributed by atoms with Gasteiger partial charge < -0.3 is 5.73 Å². The lowest BCUT2D eigenvalue weighted by Gasteiger charge is -2.04. The van der Waals surface area contributed by atoms with Gasteiger partial charge in [-0.2, -0.15) is 0 Å². The summed E-state index contributed by atoms with van der Waals surface area (Å²) in [6, 6.07) is 10.5. The van der Waals surface area contributed by atoms with Crippen LogP contribution in [-0.2, 0) is 9.84 Å². The van der Waals surface area contributed by atoms with E-state index in [0.717, 1.165) is 21.7 Å². The summed E-state index contributed by atoms with van der Waals surface area (Å²) in [7, 11) is -3.20. The molecule has 2 N–H and O–H groups in total. The van der Waals surface area contributed by atoms with Gasteiger partial charge in [0.1, 0.15) is 6.33 Å². The maximum atomic E-state index is 11.5. The third-order valence-electron chi connectivity index (χ3n) is 3.16. The van der Waals surface area contributed by atoms with E-state index >= 15 is 0 Å². The van der Waals surface area contributed by atoms with E-state index in [1.807, 2.05) is 12.1 Å². The van der Waals surface area contributed by atoms with E-state index in [9.17, 15) is 8.42 Å². The van der Waals surface area contributed by atoms with Gasteiger partial charge in [0.05, 0.1) is 20.5 Å². The minimum Gasteiger partial charge on any atom is -0.391 e.